The second-order valence-electron chi connectivity index (χ2n) is 15.9. The molecule has 0 radical (unpaired) electrons. The first kappa shape index (κ1) is 50.8. The van der Waals surface area contributed by atoms with Gasteiger partial charge in [0.15, 0.2) is 34.7 Å². The Morgan fingerprint density at radius 3 is 2.04 bits per heavy atom. The number of rotatable bonds is 22. The van der Waals surface area contributed by atoms with E-state index in [1.54, 1.807) is 27.7 Å². The molecule has 2 amide bonds. The number of amides is 2. The molecule has 0 bridgehead atoms. The third-order valence-corrected chi connectivity index (χ3v) is 14.9. The quantitative estimate of drug-likeness (QED) is 0.0427. The second-order valence-corrected chi connectivity index (χ2v) is 20.0. The number of aliphatic hydroxyl groups excluding tert-OH is 1. The zero-order valence-electron chi connectivity index (χ0n) is 36.8. The highest BCUT2D eigenvalue weighted by Gasteiger charge is 2.67. The van der Waals surface area contributed by atoms with Crippen molar-refractivity contribution in [1.82, 2.24) is 39.0 Å². The maximum atomic E-state index is 17.4. The number of imidazole rings is 2. The van der Waals surface area contributed by atoms with Gasteiger partial charge in [-0.15, -0.1) is 6.58 Å². The minimum atomic E-state index is -5.03. The zero-order chi connectivity index (χ0) is 48.8. The molecule has 2 aliphatic heterocycles. The molecule has 26 nitrogen and oxygen atoms in total. The number of ether oxygens (including phenoxy) is 2. The summed E-state index contributed by atoms with van der Waals surface area (Å²) >= 11 is 0. The average Bonchev–Trinajstić information content (AvgIpc) is 4.06. The van der Waals surface area contributed by atoms with Gasteiger partial charge in [0.25, 0.3) is 11.1 Å². The lowest BCUT2D eigenvalue weighted by molar-refractivity contribution is -0.119. The molecule has 6 heterocycles. The van der Waals surface area contributed by atoms with E-state index in [1.807, 2.05) is 12.1 Å². The van der Waals surface area contributed by atoms with Crippen LogP contribution in [0.2, 0.25) is 0 Å². The standard InChI is InChI=1S/C38H49FN12O14P2/c1-7-12-60-67(58,61-14-9-11-41)65-22-15-25(50-18-42-26-29(50)44-36(48-33(26)55)46-31(53)20(2)3)63-23(22)17-62-66(57,59-13-8-10-40)38(6)24(16-52)64-35(28(38)39)51-19-43-27-30(51)45-37(49-34(27)56)47-32(54)21(4)5/h7,18-25,28,35,52H,1,8-9,12-17H2,2-6H3,(H2,44,46,48,53,55)(H2,45,47,49,54,56)/t22-,23?,24?,25?,28-,35?,38-,66?,67?/m0/s1. The van der Waals surface area contributed by atoms with Crippen LogP contribution in [0, 0.1) is 34.5 Å². The number of aromatic nitrogens is 8. The first-order chi connectivity index (χ1) is 31.8. The molecule has 67 heavy (non-hydrogen) atoms. The van der Waals surface area contributed by atoms with E-state index in [0.717, 1.165) is 17.8 Å². The van der Waals surface area contributed by atoms with Crippen LogP contribution >= 0.6 is 15.4 Å². The molecule has 2 aliphatic rings. The van der Waals surface area contributed by atoms with E-state index in [-0.39, 0.29) is 60.1 Å². The van der Waals surface area contributed by atoms with Gasteiger partial charge < -0.3 is 23.6 Å². The molecule has 2 fully saturated rings. The first-order valence-electron chi connectivity index (χ1n) is 20.8. The average molecular weight is 979 g/mol. The van der Waals surface area contributed by atoms with Gasteiger partial charge in [0.05, 0.1) is 70.7 Å². The number of nitrogens with one attached hydrogen (secondary N) is 4. The van der Waals surface area contributed by atoms with Crippen LogP contribution in [0.4, 0.5) is 16.3 Å². The SMILES string of the molecule is C=CCOP(=O)(OCCC#N)O[C@H]1CC(n2cnc3c(=O)[nH]c(NC(=O)C(C)C)nc32)OC1COP(=O)(OCCC#N)[C@@]1(C)C(CO)OC(n2cnc3c(=O)[nH]c(NC(=O)C(C)C)nc32)[C@@H]1F. The molecule has 29 heteroatoms. The fourth-order valence-corrected chi connectivity index (χ4v) is 10.5. The van der Waals surface area contributed by atoms with Gasteiger partial charge in [-0.25, -0.2) is 18.9 Å². The van der Waals surface area contributed by atoms with Crippen molar-refractivity contribution in [3.8, 4) is 12.1 Å². The number of aromatic amines is 2. The summed E-state index contributed by atoms with van der Waals surface area (Å²) in [5.41, 5.74) is -2.26. The Morgan fingerprint density at radius 1 is 0.955 bits per heavy atom. The first-order valence-corrected chi connectivity index (χ1v) is 23.8. The van der Waals surface area contributed by atoms with E-state index in [9.17, 15) is 34.1 Å². The maximum absolute atomic E-state index is 17.4. The number of phosphoric ester groups is 1. The van der Waals surface area contributed by atoms with Crippen LogP contribution in [0.25, 0.3) is 22.3 Å². The Hall–Kier alpha value is -5.57. The number of nitrogens with zero attached hydrogens (tertiary/aromatic N) is 8. The predicted octanol–water partition coefficient (Wildman–Crippen LogP) is 3.48. The molecule has 0 spiro atoms. The number of nitriles is 2. The molecule has 5 N–H and O–H groups in total. The molecule has 0 saturated carbocycles. The molecule has 0 aromatic carbocycles. The lowest BCUT2D eigenvalue weighted by Gasteiger charge is -2.37. The van der Waals surface area contributed by atoms with Crippen molar-refractivity contribution in [2.45, 2.75) is 96.0 Å². The van der Waals surface area contributed by atoms with Crippen molar-refractivity contribution >= 4 is 61.5 Å². The Labute approximate surface area is 380 Å². The molecule has 362 valence electrons. The predicted molar refractivity (Wildman–Crippen MR) is 231 cm³/mol. The number of aliphatic hydroxyl groups is 1. The topological polar surface area (TPSA) is 352 Å². The smallest absolute Gasteiger partial charge is 0.394 e. The van der Waals surface area contributed by atoms with E-state index in [1.165, 1.54) is 17.0 Å². The van der Waals surface area contributed by atoms with Gasteiger partial charge in [0.2, 0.25) is 23.7 Å². The van der Waals surface area contributed by atoms with Crippen molar-refractivity contribution in [2.24, 2.45) is 11.8 Å². The number of carbonyl (C=O) groups excluding carboxylic acids is 2. The normalized spacial score (nSPS) is 24.6. The highest BCUT2D eigenvalue weighted by Crippen LogP contribution is 2.68. The van der Waals surface area contributed by atoms with Crippen LogP contribution in [0.5, 0.6) is 0 Å². The van der Waals surface area contributed by atoms with Gasteiger partial charge in [0, 0.05) is 18.3 Å². The second kappa shape index (κ2) is 21.2. The Morgan fingerprint density at radius 2 is 1.51 bits per heavy atom. The van der Waals surface area contributed by atoms with Crippen LogP contribution in [0.1, 0.15) is 66.3 Å². The molecule has 2 saturated heterocycles. The van der Waals surface area contributed by atoms with Gasteiger partial charge in [-0.1, -0.05) is 33.8 Å². The largest absolute Gasteiger partial charge is 0.475 e. The van der Waals surface area contributed by atoms with E-state index < -0.39 is 119 Å². The van der Waals surface area contributed by atoms with Crippen molar-refractivity contribution in [3.63, 3.8) is 0 Å². The van der Waals surface area contributed by atoms with E-state index in [2.05, 4.69) is 47.1 Å². The summed E-state index contributed by atoms with van der Waals surface area (Å²) in [6.07, 6.45) is -7.20. The van der Waals surface area contributed by atoms with Crippen LogP contribution in [-0.2, 0) is 50.8 Å². The van der Waals surface area contributed by atoms with Crippen LogP contribution in [0.15, 0.2) is 34.9 Å². The zero-order valence-corrected chi connectivity index (χ0v) is 38.6. The third kappa shape index (κ3) is 10.6. The van der Waals surface area contributed by atoms with Crippen molar-refractivity contribution in [3.05, 3.63) is 46.0 Å². The molecule has 6 rings (SSSR count). The van der Waals surface area contributed by atoms with Crippen molar-refractivity contribution in [1.29, 1.82) is 10.5 Å². The summed E-state index contributed by atoms with van der Waals surface area (Å²) in [6, 6.07) is 3.69. The summed E-state index contributed by atoms with van der Waals surface area (Å²) in [5.74, 6) is -2.43. The Kier molecular flexibility index (Phi) is 16.1. The summed E-state index contributed by atoms with van der Waals surface area (Å²) in [5, 5.41) is 31.7. The molecular weight excluding hydrogens is 929 g/mol. The molecule has 6 unspecified atom stereocenters. The molecular formula is C38H49FN12O14P2. The summed E-state index contributed by atoms with van der Waals surface area (Å²) < 4.78 is 90.1. The number of H-pyrrole nitrogens is 2. The number of fused-ring (bicyclic) bond motifs is 2. The van der Waals surface area contributed by atoms with Gasteiger partial charge >= 0.3 is 15.4 Å². The number of alkyl halides is 1. The lowest BCUT2D eigenvalue weighted by Crippen LogP contribution is -2.46. The van der Waals surface area contributed by atoms with Crippen LogP contribution in [0.3, 0.4) is 0 Å². The number of anilines is 2. The van der Waals surface area contributed by atoms with E-state index in [4.69, 9.17) is 37.4 Å². The van der Waals surface area contributed by atoms with Crippen molar-refractivity contribution in [2.75, 3.05) is 43.7 Å². The van der Waals surface area contributed by atoms with Gasteiger partial charge in [0.1, 0.15) is 29.7 Å². The fourth-order valence-electron chi connectivity index (χ4n) is 6.93. The van der Waals surface area contributed by atoms with Crippen LogP contribution in [-0.4, -0.2) is 119 Å². The van der Waals surface area contributed by atoms with Gasteiger partial charge in [-0.2, -0.15) is 20.5 Å². The Bertz CT molecular complexity index is 2780. The van der Waals surface area contributed by atoms with Crippen molar-refractivity contribution < 1.29 is 60.3 Å². The minimum Gasteiger partial charge on any atom is -0.394 e. The summed E-state index contributed by atoms with van der Waals surface area (Å²) in [7, 11) is -9.61. The number of hydrogen-bond donors (Lipinski definition) is 5. The Balaban J connectivity index is 1.37. The number of hydrogen-bond acceptors (Lipinski definition) is 20. The highest BCUT2D eigenvalue weighted by molar-refractivity contribution is 7.55. The summed E-state index contributed by atoms with van der Waals surface area (Å²) in [4.78, 5) is 72.6. The summed E-state index contributed by atoms with van der Waals surface area (Å²) in [6.45, 7) is 8.08. The van der Waals surface area contributed by atoms with Gasteiger partial charge in [-0.3, -0.25) is 67.1 Å². The maximum Gasteiger partial charge on any atom is 0.475 e. The number of carbonyl (C=O) groups is 2. The molecule has 4 aromatic heterocycles. The molecule has 9 atom stereocenters. The highest BCUT2D eigenvalue weighted by atomic mass is 31.2. The van der Waals surface area contributed by atoms with Crippen LogP contribution < -0.4 is 21.8 Å². The minimum absolute atomic E-state index is 0.0689. The van der Waals surface area contributed by atoms with E-state index in [0.29, 0.717) is 0 Å². The van der Waals surface area contributed by atoms with E-state index >= 15 is 8.96 Å². The van der Waals surface area contributed by atoms with Gasteiger partial charge in [-0.05, 0) is 6.92 Å². The monoisotopic (exact) mass is 978 g/mol. The fraction of sp³-hybridized carbons (Fsp3) is 0.579. The third-order valence-electron chi connectivity index (χ3n) is 10.6. The number of phosphoric acid groups is 1. The molecule has 4 aromatic rings. The number of halogens is 1. The molecule has 0 aliphatic carbocycles. The lowest BCUT2D eigenvalue weighted by atomic mass is 10.0.